The summed E-state index contributed by atoms with van der Waals surface area (Å²) in [5.41, 5.74) is 7.04. The average molecular weight is 313 g/mol. The van der Waals surface area contributed by atoms with Gasteiger partial charge in [-0.05, 0) is 38.9 Å². The molecule has 0 unspecified atom stereocenters. The van der Waals surface area contributed by atoms with E-state index in [1.54, 1.807) is 11.3 Å². The van der Waals surface area contributed by atoms with Crippen molar-refractivity contribution < 1.29 is 0 Å². The maximum absolute atomic E-state index is 5.86. The van der Waals surface area contributed by atoms with Crippen molar-refractivity contribution in [1.29, 1.82) is 0 Å². The van der Waals surface area contributed by atoms with Crippen LogP contribution in [0.3, 0.4) is 0 Å². The van der Waals surface area contributed by atoms with Crippen molar-refractivity contribution in [2.24, 2.45) is 5.73 Å². The van der Waals surface area contributed by atoms with E-state index in [0.29, 0.717) is 12.5 Å². The summed E-state index contributed by atoms with van der Waals surface area (Å²) in [6.07, 6.45) is 1.18. The van der Waals surface area contributed by atoms with Gasteiger partial charge in [-0.1, -0.05) is 27.7 Å². The van der Waals surface area contributed by atoms with Gasteiger partial charge in [-0.15, -0.1) is 11.3 Å². The van der Waals surface area contributed by atoms with Crippen molar-refractivity contribution >= 4 is 16.5 Å². The summed E-state index contributed by atoms with van der Waals surface area (Å²) in [6, 6.07) is 0. The van der Waals surface area contributed by atoms with Crippen molar-refractivity contribution in [1.82, 2.24) is 9.88 Å². The largest absolute Gasteiger partial charge is 0.348 e. The minimum Gasteiger partial charge on any atom is -0.348 e. The molecule has 122 valence electrons. The fraction of sp³-hybridized carbons (Fsp3) is 0.812. The minimum absolute atomic E-state index is 0.447. The maximum atomic E-state index is 5.86. The number of thiazole rings is 1. The maximum Gasteiger partial charge on any atom is 0.185 e. The highest BCUT2D eigenvalue weighted by atomic mass is 32.1. The number of anilines is 1. The topological polar surface area (TPSA) is 45.4 Å². The third kappa shape index (κ3) is 5.24. The predicted molar refractivity (Wildman–Crippen MR) is 94.4 cm³/mol. The monoisotopic (exact) mass is 312 g/mol. The van der Waals surface area contributed by atoms with Crippen molar-refractivity contribution in [3.8, 4) is 0 Å². The van der Waals surface area contributed by atoms with E-state index in [0.717, 1.165) is 37.9 Å². The zero-order valence-corrected chi connectivity index (χ0v) is 15.2. The van der Waals surface area contributed by atoms with Crippen LogP contribution in [0.4, 0.5) is 5.13 Å². The van der Waals surface area contributed by atoms with Crippen LogP contribution in [0.2, 0.25) is 0 Å². The van der Waals surface area contributed by atoms with Gasteiger partial charge in [0.25, 0.3) is 0 Å². The molecule has 5 heteroatoms. The molecule has 1 rings (SSSR count). The molecule has 21 heavy (non-hydrogen) atoms. The molecule has 0 atom stereocenters. The van der Waals surface area contributed by atoms with E-state index in [4.69, 9.17) is 10.7 Å². The zero-order valence-electron chi connectivity index (χ0n) is 14.4. The third-order valence-electron chi connectivity index (χ3n) is 3.90. The molecule has 0 saturated heterocycles. The molecule has 0 bridgehead atoms. The third-order valence-corrected chi connectivity index (χ3v) is 5.05. The molecule has 0 saturated carbocycles. The Balaban J connectivity index is 2.67. The first-order valence-electron chi connectivity index (χ1n) is 8.24. The molecular formula is C16H32N4S. The van der Waals surface area contributed by atoms with Crippen LogP contribution in [-0.2, 0) is 6.54 Å². The van der Waals surface area contributed by atoms with Gasteiger partial charge in [0.15, 0.2) is 5.13 Å². The lowest BCUT2D eigenvalue weighted by atomic mass is 10.1. The van der Waals surface area contributed by atoms with Gasteiger partial charge in [0.1, 0.15) is 0 Å². The Morgan fingerprint density at radius 2 is 1.76 bits per heavy atom. The molecule has 1 heterocycles. The lowest BCUT2D eigenvalue weighted by Gasteiger charge is -2.23. The fourth-order valence-corrected chi connectivity index (χ4v) is 3.68. The molecule has 0 spiro atoms. The van der Waals surface area contributed by atoms with E-state index in [2.05, 4.69) is 44.4 Å². The normalized spacial score (nSPS) is 11.6. The Kier molecular flexibility index (Phi) is 8.22. The van der Waals surface area contributed by atoms with Crippen molar-refractivity contribution in [3.05, 3.63) is 10.6 Å². The second kappa shape index (κ2) is 9.38. The van der Waals surface area contributed by atoms with E-state index in [1.165, 1.54) is 17.0 Å². The standard InChI is InChI=1S/C16H32N4S/c1-6-19(7-2)10-9-11-20(8-3)16-18-15(13(4)5)14(12-17)21-16/h13H,6-12,17H2,1-5H3. The zero-order chi connectivity index (χ0) is 15.8. The SMILES string of the molecule is CCN(CC)CCCN(CC)c1nc(C(C)C)c(CN)s1. The van der Waals surface area contributed by atoms with Crippen LogP contribution in [0.5, 0.6) is 0 Å². The molecule has 0 amide bonds. The van der Waals surface area contributed by atoms with Crippen LogP contribution in [0.1, 0.15) is 57.5 Å². The van der Waals surface area contributed by atoms with E-state index >= 15 is 0 Å². The van der Waals surface area contributed by atoms with Crippen LogP contribution < -0.4 is 10.6 Å². The summed E-state index contributed by atoms with van der Waals surface area (Å²) < 4.78 is 0. The van der Waals surface area contributed by atoms with E-state index in [-0.39, 0.29) is 0 Å². The summed E-state index contributed by atoms with van der Waals surface area (Å²) in [4.78, 5) is 10.9. The van der Waals surface area contributed by atoms with Gasteiger partial charge < -0.3 is 15.5 Å². The molecule has 4 nitrogen and oxygen atoms in total. The first-order chi connectivity index (χ1) is 10.1. The number of nitrogens with zero attached hydrogens (tertiary/aromatic N) is 3. The number of rotatable bonds is 10. The molecule has 0 aromatic carbocycles. The van der Waals surface area contributed by atoms with Gasteiger partial charge in [-0.3, -0.25) is 0 Å². The molecular weight excluding hydrogens is 280 g/mol. The van der Waals surface area contributed by atoms with E-state index < -0.39 is 0 Å². The first kappa shape index (κ1) is 18.4. The van der Waals surface area contributed by atoms with Crippen LogP contribution in [0.25, 0.3) is 0 Å². The highest BCUT2D eigenvalue weighted by Gasteiger charge is 2.16. The quantitative estimate of drug-likeness (QED) is 0.720. The fourth-order valence-electron chi connectivity index (χ4n) is 2.50. The molecule has 0 fully saturated rings. The predicted octanol–water partition coefficient (Wildman–Crippen LogP) is 3.28. The van der Waals surface area contributed by atoms with Gasteiger partial charge in [0.05, 0.1) is 5.69 Å². The van der Waals surface area contributed by atoms with E-state index in [1.807, 2.05) is 0 Å². The molecule has 0 aliphatic heterocycles. The van der Waals surface area contributed by atoms with Crippen LogP contribution in [0.15, 0.2) is 0 Å². The van der Waals surface area contributed by atoms with Gasteiger partial charge in [0.2, 0.25) is 0 Å². The lowest BCUT2D eigenvalue weighted by molar-refractivity contribution is 0.300. The minimum atomic E-state index is 0.447. The van der Waals surface area contributed by atoms with Crippen LogP contribution in [-0.4, -0.2) is 42.6 Å². The Morgan fingerprint density at radius 1 is 1.10 bits per heavy atom. The van der Waals surface area contributed by atoms with Crippen LogP contribution >= 0.6 is 11.3 Å². The molecule has 1 aromatic heterocycles. The Morgan fingerprint density at radius 3 is 2.19 bits per heavy atom. The lowest BCUT2D eigenvalue weighted by Crippen LogP contribution is -2.29. The molecule has 2 N–H and O–H groups in total. The first-order valence-corrected chi connectivity index (χ1v) is 9.05. The van der Waals surface area contributed by atoms with Crippen molar-refractivity contribution in [3.63, 3.8) is 0 Å². The highest BCUT2D eigenvalue weighted by molar-refractivity contribution is 7.15. The van der Waals surface area contributed by atoms with Crippen LogP contribution in [0, 0.1) is 0 Å². The van der Waals surface area contributed by atoms with Crippen molar-refractivity contribution in [2.75, 3.05) is 37.6 Å². The van der Waals surface area contributed by atoms with Crippen molar-refractivity contribution in [2.45, 2.75) is 53.5 Å². The summed E-state index contributed by atoms with van der Waals surface area (Å²) in [5, 5.41) is 1.14. The second-order valence-corrected chi connectivity index (χ2v) is 6.69. The van der Waals surface area contributed by atoms with Gasteiger partial charge in [0, 0.05) is 24.5 Å². The highest BCUT2D eigenvalue weighted by Crippen LogP contribution is 2.30. The second-order valence-electron chi connectivity index (χ2n) is 5.62. The van der Waals surface area contributed by atoms with E-state index in [9.17, 15) is 0 Å². The number of hydrogen-bond acceptors (Lipinski definition) is 5. The molecule has 1 aromatic rings. The number of nitrogens with two attached hydrogens (primary N) is 1. The van der Waals surface area contributed by atoms with Gasteiger partial charge in [-0.25, -0.2) is 4.98 Å². The summed E-state index contributed by atoms with van der Waals surface area (Å²) in [6.45, 7) is 17.1. The smallest absolute Gasteiger partial charge is 0.185 e. The Bertz CT molecular complexity index is 399. The summed E-state index contributed by atoms with van der Waals surface area (Å²) >= 11 is 1.77. The average Bonchev–Trinajstić information content (AvgIpc) is 2.92. The summed E-state index contributed by atoms with van der Waals surface area (Å²) in [7, 11) is 0. The Hall–Kier alpha value is -0.650. The molecule has 0 aliphatic carbocycles. The van der Waals surface area contributed by atoms with Gasteiger partial charge >= 0.3 is 0 Å². The molecule has 0 aliphatic rings. The molecule has 0 radical (unpaired) electrons. The Labute approximate surface area is 134 Å². The number of hydrogen-bond donors (Lipinski definition) is 1. The summed E-state index contributed by atoms with van der Waals surface area (Å²) in [5.74, 6) is 0.447. The number of aromatic nitrogens is 1. The van der Waals surface area contributed by atoms with Gasteiger partial charge in [-0.2, -0.15) is 0 Å².